The lowest BCUT2D eigenvalue weighted by atomic mass is 10.1. The molecule has 2 heterocycles. The topological polar surface area (TPSA) is 45.9 Å². The smallest absolute Gasteiger partial charge is 0.290 e. The molecule has 0 spiro atoms. The number of carbonyl (C=O) groups is 1. The van der Waals surface area contributed by atoms with Crippen LogP contribution in [-0.4, -0.2) is 54.6 Å². The molecule has 0 aliphatic carbocycles. The summed E-state index contributed by atoms with van der Waals surface area (Å²) in [5.74, 6) is 0.231. The minimum atomic E-state index is -0.109. The van der Waals surface area contributed by atoms with Crippen molar-refractivity contribution in [1.29, 1.82) is 0 Å². The monoisotopic (exact) mass is 412 g/mol. The number of fused-ring (bicyclic) bond motifs is 1. The van der Waals surface area contributed by atoms with E-state index in [1.165, 1.54) is 0 Å². The molecule has 152 valence electrons. The minimum absolute atomic E-state index is 0.0256. The molecule has 1 unspecified atom stereocenters. The van der Waals surface area contributed by atoms with Crippen LogP contribution in [0.4, 0.5) is 0 Å². The van der Waals surface area contributed by atoms with Crippen LogP contribution in [0.1, 0.15) is 23.0 Å². The molecule has 1 saturated heterocycles. The molecule has 0 radical (unpaired) electrons. The molecule has 1 atom stereocenters. The van der Waals surface area contributed by atoms with Gasteiger partial charge >= 0.3 is 0 Å². The number of morpholine rings is 1. The van der Waals surface area contributed by atoms with Gasteiger partial charge in [-0.25, -0.2) is 0 Å². The molecule has 0 N–H and O–H groups in total. The van der Waals surface area contributed by atoms with Gasteiger partial charge in [-0.15, -0.1) is 0 Å². The number of halogens is 1. The summed E-state index contributed by atoms with van der Waals surface area (Å²) in [6.45, 7) is 6.68. The highest BCUT2D eigenvalue weighted by Gasteiger charge is 2.27. The summed E-state index contributed by atoms with van der Waals surface area (Å²) < 4.78 is 11.3. The van der Waals surface area contributed by atoms with Crippen molar-refractivity contribution in [3.05, 3.63) is 70.9 Å². The SMILES string of the molecule is CC(CN1CCOCC1)N(Cc1ccccc1)C(=O)c1cc2cc(Cl)ccc2o1. The van der Waals surface area contributed by atoms with Crippen LogP contribution in [0.15, 0.2) is 59.0 Å². The maximum Gasteiger partial charge on any atom is 0.290 e. The lowest BCUT2D eigenvalue weighted by Crippen LogP contribution is -2.47. The van der Waals surface area contributed by atoms with E-state index in [0.717, 1.165) is 43.8 Å². The van der Waals surface area contributed by atoms with E-state index < -0.39 is 0 Å². The second-order valence-electron chi connectivity index (χ2n) is 7.47. The van der Waals surface area contributed by atoms with Crippen LogP contribution in [0.3, 0.4) is 0 Å². The number of hydrogen-bond acceptors (Lipinski definition) is 4. The number of rotatable bonds is 6. The summed E-state index contributed by atoms with van der Waals surface area (Å²) in [7, 11) is 0. The molecule has 1 aliphatic rings. The van der Waals surface area contributed by atoms with Gasteiger partial charge in [0.25, 0.3) is 5.91 Å². The first-order chi connectivity index (χ1) is 14.1. The molecule has 6 heteroatoms. The third-order valence-corrected chi connectivity index (χ3v) is 5.54. The number of ether oxygens (including phenoxy) is 1. The zero-order chi connectivity index (χ0) is 20.2. The van der Waals surface area contributed by atoms with Crippen molar-refractivity contribution in [1.82, 2.24) is 9.80 Å². The maximum absolute atomic E-state index is 13.4. The fourth-order valence-electron chi connectivity index (χ4n) is 3.73. The fourth-order valence-corrected chi connectivity index (χ4v) is 3.91. The first kappa shape index (κ1) is 20.0. The van der Waals surface area contributed by atoms with E-state index in [9.17, 15) is 4.79 Å². The summed E-state index contributed by atoms with van der Waals surface area (Å²) in [5, 5.41) is 1.46. The highest BCUT2D eigenvalue weighted by atomic mass is 35.5. The van der Waals surface area contributed by atoms with Crippen molar-refractivity contribution in [2.45, 2.75) is 19.5 Å². The number of carbonyl (C=O) groups excluding carboxylic acids is 1. The number of amides is 1. The average Bonchev–Trinajstić information content (AvgIpc) is 3.16. The lowest BCUT2D eigenvalue weighted by Gasteiger charge is -2.34. The molecule has 1 fully saturated rings. The molecule has 2 aromatic carbocycles. The predicted molar refractivity (Wildman–Crippen MR) is 114 cm³/mol. The molecule has 1 aliphatic heterocycles. The Hall–Kier alpha value is -2.34. The van der Waals surface area contributed by atoms with Gasteiger partial charge in [0, 0.05) is 42.6 Å². The normalized spacial score (nSPS) is 16.1. The van der Waals surface area contributed by atoms with Crippen molar-refractivity contribution in [3.8, 4) is 0 Å². The van der Waals surface area contributed by atoms with E-state index in [-0.39, 0.29) is 11.9 Å². The van der Waals surface area contributed by atoms with Gasteiger partial charge in [0.05, 0.1) is 13.2 Å². The second kappa shape index (κ2) is 8.99. The van der Waals surface area contributed by atoms with E-state index in [1.807, 2.05) is 41.3 Å². The standard InChI is InChI=1S/C23H25ClN2O3/c1-17(15-25-9-11-28-12-10-25)26(16-18-5-3-2-4-6-18)23(27)22-14-19-13-20(24)7-8-21(19)29-22/h2-8,13-14,17H,9-12,15-16H2,1H3. The van der Waals surface area contributed by atoms with Crippen LogP contribution in [0, 0.1) is 0 Å². The molecular weight excluding hydrogens is 388 g/mol. The molecule has 4 rings (SSSR count). The van der Waals surface area contributed by atoms with E-state index in [1.54, 1.807) is 18.2 Å². The molecule has 1 aromatic heterocycles. The van der Waals surface area contributed by atoms with E-state index in [0.29, 0.717) is 22.9 Å². The molecule has 0 bridgehead atoms. The Morgan fingerprint density at radius 1 is 1.14 bits per heavy atom. The third kappa shape index (κ3) is 4.81. The van der Waals surface area contributed by atoms with Gasteiger partial charge in [-0.1, -0.05) is 41.9 Å². The van der Waals surface area contributed by atoms with Crippen LogP contribution in [0.5, 0.6) is 0 Å². The third-order valence-electron chi connectivity index (χ3n) is 5.30. The Morgan fingerprint density at radius 2 is 1.90 bits per heavy atom. The summed E-state index contributed by atoms with van der Waals surface area (Å²) in [4.78, 5) is 17.7. The zero-order valence-electron chi connectivity index (χ0n) is 16.5. The number of furan rings is 1. The maximum atomic E-state index is 13.4. The van der Waals surface area contributed by atoms with Gasteiger partial charge in [-0.3, -0.25) is 9.69 Å². The largest absolute Gasteiger partial charge is 0.451 e. The van der Waals surface area contributed by atoms with Crippen molar-refractivity contribution < 1.29 is 13.9 Å². The molecule has 3 aromatic rings. The fraction of sp³-hybridized carbons (Fsp3) is 0.348. The molecular formula is C23H25ClN2O3. The Morgan fingerprint density at radius 3 is 2.66 bits per heavy atom. The van der Waals surface area contributed by atoms with Crippen LogP contribution in [0.25, 0.3) is 11.0 Å². The first-order valence-corrected chi connectivity index (χ1v) is 10.3. The molecule has 29 heavy (non-hydrogen) atoms. The van der Waals surface area contributed by atoms with Crippen LogP contribution < -0.4 is 0 Å². The minimum Gasteiger partial charge on any atom is -0.451 e. The highest BCUT2D eigenvalue weighted by molar-refractivity contribution is 6.31. The highest BCUT2D eigenvalue weighted by Crippen LogP contribution is 2.25. The number of benzene rings is 2. The summed E-state index contributed by atoms with van der Waals surface area (Å²) >= 11 is 6.08. The van der Waals surface area contributed by atoms with Crippen molar-refractivity contribution in [2.24, 2.45) is 0 Å². The molecule has 0 saturated carbocycles. The van der Waals surface area contributed by atoms with Crippen molar-refractivity contribution in [2.75, 3.05) is 32.8 Å². The van der Waals surface area contributed by atoms with Crippen molar-refractivity contribution >= 4 is 28.5 Å². The van der Waals surface area contributed by atoms with Gasteiger partial charge in [-0.2, -0.15) is 0 Å². The Kier molecular flexibility index (Phi) is 6.19. The van der Waals surface area contributed by atoms with Crippen LogP contribution >= 0.6 is 11.6 Å². The van der Waals surface area contributed by atoms with Gasteiger partial charge in [0.2, 0.25) is 0 Å². The molecule has 5 nitrogen and oxygen atoms in total. The van der Waals surface area contributed by atoms with Gasteiger partial charge in [0.15, 0.2) is 5.76 Å². The quantitative estimate of drug-likeness (QED) is 0.600. The average molecular weight is 413 g/mol. The Balaban J connectivity index is 1.59. The summed E-state index contributed by atoms with van der Waals surface area (Å²) in [5.41, 5.74) is 1.76. The van der Waals surface area contributed by atoms with Gasteiger partial charge in [-0.05, 0) is 36.8 Å². The van der Waals surface area contributed by atoms with Crippen LogP contribution in [0.2, 0.25) is 5.02 Å². The Bertz CT molecular complexity index is 967. The summed E-state index contributed by atoms with van der Waals surface area (Å²) in [6, 6.07) is 17.2. The zero-order valence-corrected chi connectivity index (χ0v) is 17.3. The number of nitrogens with zero attached hydrogens (tertiary/aromatic N) is 2. The van der Waals surface area contributed by atoms with Gasteiger partial charge < -0.3 is 14.1 Å². The van der Waals surface area contributed by atoms with E-state index in [2.05, 4.69) is 11.8 Å². The lowest BCUT2D eigenvalue weighted by molar-refractivity contribution is 0.0222. The van der Waals surface area contributed by atoms with Crippen LogP contribution in [-0.2, 0) is 11.3 Å². The van der Waals surface area contributed by atoms with E-state index >= 15 is 0 Å². The van der Waals surface area contributed by atoms with Gasteiger partial charge in [0.1, 0.15) is 5.58 Å². The number of hydrogen-bond donors (Lipinski definition) is 0. The second-order valence-corrected chi connectivity index (χ2v) is 7.91. The first-order valence-electron chi connectivity index (χ1n) is 9.94. The van der Waals surface area contributed by atoms with E-state index in [4.69, 9.17) is 20.8 Å². The summed E-state index contributed by atoms with van der Waals surface area (Å²) in [6.07, 6.45) is 0. The molecule has 1 amide bonds. The van der Waals surface area contributed by atoms with Crippen molar-refractivity contribution in [3.63, 3.8) is 0 Å². The predicted octanol–water partition coefficient (Wildman–Crippen LogP) is 4.45. The Labute approximate surface area is 175 Å².